The van der Waals surface area contributed by atoms with Gasteiger partial charge < -0.3 is 19.5 Å². The van der Waals surface area contributed by atoms with Gasteiger partial charge in [-0.05, 0) is 36.4 Å². The van der Waals surface area contributed by atoms with Crippen molar-refractivity contribution >= 4 is 40.2 Å². The molecule has 8 nitrogen and oxygen atoms in total. The summed E-state index contributed by atoms with van der Waals surface area (Å²) in [6.07, 6.45) is -4.11. The molecule has 2 aromatic carbocycles. The van der Waals surface area contributed by atoms with Gasteiger partial charge in [-0.1, -0.05) is 29.8 Å². The quantitative estimate of drug-likeness (QED) is 0.294. The van der Waals surface area contributed by atoms with E-state index < -0.39 is 35.2 Å². The summed E-state index contributed by atoms with van der Waals surface area (Å²) in [5.41, 5.74) is 0.683. The number of halogens is 4. The van der Waals surface area contributed by atoms with Crippen molar-refractivity contribution in [3.05, 3.63) is 76.9 Å². The number of fused-ring (bicyclic) bond motifs is 1. The van der Waals surface area contributed by atoms with E-state index in [4.69, 9.17) is 25.8 Å². The second-order valence-corrected chi connectivity index (χ2v) is 8.23. The third-order valence-corrected chi connectivity index (χ3v) is 5.66. The lowest BCUT2D eigenvalue weighted by molar-refractivity contribution is -0.137. The van der Waals surface area contributed by atoms with Gasteiger partial charge in [-0.15, -0.1) is 0 Å². The summed E-state index contributed by atoms with van der Waals surface area (Å²) < 4.78 is 54.2. The van der Waals surface area contributed by atoms with Crippen molar-refractivity contribution in [3.63, 3.8) is 0 Å². The molecule has 2 heterocycles. The number of para-hydroxylation sites is 1. The first kappa shape index (κ1) is 26.7. The minimum absolute atomic E-state index is 0.152. The van der Waals surface area contributed by atoms with Gasteiger partial charge >= 0.3 is 12.1 Å². The van der Waals surface area contributed by atoms with Crippen molar-refractivity contribution in [2.45, 2.75) is 6.18 Å². The van der Waals surface area contributed by atoms with E-state index in [-0.39, 0.29) is 11.4 Å². The smallest absolute Gasteiger partial charge is 0.417 e. The molecule has 0 spiro atoms. The number of nitrogens with one attached hydrogen (secondary N) is 1. The molecular weight excluding hydrogens is 527 g/mol. The first-order valence-corrected chi connectivity index (χ1v) is 11.3. The fraction of sp³-hybridized carbons (Fsp3) is 0.154. The van der Waals surface area contributed by atoms with Crippen LogP contribution >= 0.6 is 11.6 Å². The number of benzene rings is 2. The van der Waals surface area contributed by atoms with E-state index in [2.05, 4.69) is 15.3 Å². The number of alkyl halides is 3. The molecule has 0 saturated heterocycles. The van der Waals surface area contributed by atoms with E-state index in [0.29, 0.717) is 45.9 Å². The topological polar surface area (TPSA) is 99.6 Å². The second kappa shape index (κ2) is 10.9. The highest BCUT2D eigenvalue weighted by Gasteiger charge is 2.31. The first-order valence-electron chi connectivity index (χ1n) is 10.9. The summed E-state index contributed by atoms with van der Waals surface area (Å²) in [5.74, 6) is -0.967. The molecule has 0 saturated carbocycles. The summed E-state index contributed by atoms with van der Waals surface area (Å²) in [7, 11) is 3.01. The van der Waals surface area contributed by atoms with Gasteiger partial charge in [0, 0.05) is 17.1 Å². The molecule has 0 radical (unpaired) electrons. The van der Waals surface area contributed by atoms with Crippen molar-refractivity contribution in [1.29, 1.82) is 0 Å². The lowest BCUT2D eigenvalue weighted by Gasteiger charge is -2.12. The van der Waals surface area contributed by atoms with E-state index in [1.807, 2.05) is 0 Å². The van der Waals surface area contributed by atoms with Crippen LogP contribution in [0.1, 0.15) is 15.9 Å². The monoisotopic (exact) mass is 545 g/mol. The van der Waals surface area contributed by atoms with Gasteiger partial charge in [-0.3, -0.25) is 4.79 Å². The maximum Gasteiger partial charge on any atom is 0.417 e. The molecule has 1 amide bonds. The Balaban J connectivity index is 1.55. The van der Waals surface area contributed by atoms with Gasteiger partial charge in [-0.2, -0.15) is 13.2 Å². The van der Waals surface area contributed by atoms with Crippen LogP contribution in [0.15, 0.2) is 60.8 Å². The average molecular weight is 546 g/mol. The molecule has 0 aliphatic heterocycles. The van der Waals surface area contributed by atoms with Crippen molar-refractivity contribution in [1.82, 2.24) is 9.97 Å². The van der Waals surface area contributed by atoms with Crippen molar-refractivity contribution < 1.29 is 37.0 Å². The van der Waals surface area contributed by atoms with Crippen LogP contribution in [-0.4, -0.2) is 42.7 Å². The van der Waals surface area contributed by atoms with Gasteiger partial charge in [0.25, 0.3) is 5.91 Å². The first-order chi connectivity index (χ1) is 18.1. The normalized spacial score (nSPS) is 11.2. The molecule has 4 aromatic rings. The van der Waals surface area contributed by atoms with Gasteiger partial charge in [0.05, 0.1) is 41.6 Å². The van der Waals surface area contributed by atoms with Gasteiger partial charge in [0.1, 0.15) is 0 Å². The predicted octanol–water partition coefficient (Wildman–Crippen LogP) is 5.78. The lowest BCUT2D eigenvalue weighted by atomic mass is 10.0. The molecule has 12 heteroatoms. The Morgan fingerprint density at radius 1 is 1.00 bits per heavy atom. The number of hydrogen-bond acceptors (Lipinski definition) is 7. The Morgan fingerprint density at radius 3 is 2.42 bits per heavy atom. The van der Waals surface area contributed by atoms with E-state index in [1.54, 1.807) is 42.5 Å². The average Bonchev–Trinajstić information content (AvgIpc) is 2.91. The predicted molar refractivity (Wildman–Crippen MR) is 133 cm³/mol. The van der Waals surface area contributed by atoms with E-state index in [1.165, 1.54) is 20.3 Å². The Labute approximate surface area is 219 Å². The Kier molecular flexibility index (Phi) is 7.67. The molecule has 2 aromatic heterocycles. The highest BCUT2D eigenvalue weighted by Crippen LogP contribution is 2.34. The minimum atomic E-state index is -4.64. The maximum absolute atomic E-state index is 13.0. The third-order valence-electron chi connectivity index (χ3n) is 5.38. The molecule has 196 valence electrons. The van der Waals surface area contributed by atoms with E-state index >= 15 is 0 Å². The number of carbonyl (C=O) groups excluding carboxylic acids is 2. The fourth-order valence-corrected chi connectivity index (χ4v) is 3.76. The standard InChI is InChI=1S/C26H19ClF3N3O5/c1-36-21-8-7-14(9-22(21)37-2)20-11-17(16-5-3-4-6-19(16)32-20)25(35)38-13-23(34)33-24-18(27)10-15(12-31-24)26(28,29)30/h3-12H,13H2,1-2H3,(H,31,33,34). The highest BCUT2D eigenvalue weighted by molar-refractivity contribution is 6.33. The summed E-state index contributed by atoms with van der Waals surface area (Å²) >= 11 is 5.81. The largest absolute Gasteiger partial charge is 0.493 e. The maximum atomic E-state index is 13.0. The number of rotatable bonds is 7. The Bertz CT molecular complexity index is 1530. The molecule has 4 rings (SSSR count). The van der Waals surface area contributed by atoms with Crippen LogP contribution in [0.2, 0.25) is 5.02 Å². The van der Waals surface area contributed by atoms with Crippen LogP contribution in [-0.2, 0) is 15.7 Å². The number of carbonyl (C=O) groups is 2. The van der Waals surface area contributed by atoms with Crippen LogP contribution < -0.4 is 14.8 Å². The second-order valence-electron chi connectivity index (χ2n) is 7.82. The lowest BCUT2D eigenvalue weighted by Crippen LogP contribution is -2.22. The van der Waals surface area contributed by atoms with Gasteiger partial charge in [-0.25, -0.2) is 14.8 Å². The number of esters is 1. The molecule has 0 bridgehead atoms. The van der Waals surface area contributed by atoms with Crippen LogP contribution in [0.25, 0.3) is 22.2 Å². The molecule has 0 fully saturated rings. The van der Waals surface area contributed by atoms with Crippen LogP contribution in [0.4, 0.5) is 19.0 Å². The number of amides is 1. The Morgan fingerprint density at radius 2 is 1.74 bits per heavy atom. The summed E-state index contributed by atoms with van der Waals surface area (Å²) in [6.45, 7) is -0.736. The number of nitrogens with zero attached hydrogens (tertiary/aromatic N) is 2. The summed E-state index contributed by atoms with van der Waals surface area (Å²) in [6, 6.07) is 14.2. The SMILES string of the molecule is COc1ccc(-c2cc(C(=O)OCC(=O)Nc3ncc(C(F)(F)F)cc3Cl)c3ccccc3n2)cc1OC. The van der Waals surface area contributed by atoms with Crippen LogP contribution in [0.5, 0.6) is 11.5 Å². The molecule has 0 aliphatic rings. The van der Waals surface area contributed by atoms with Gasteiger partial charge in [0.15, 0.2) is 23.9 Å². The minimum Gasteiger partial charge on any atom is -0.493 e. The van der Waals surface area contributed by atoms with E-state index in [9.17, 15) is 22.8 Å². The Hall–Kier alpha value is -4.38. The number of ether oxygens (including phenoxy) is 3. The number of hydrogen-bond donors (Lipinski definition) is 1. The third kappa shape index (κ3) is 5.78. The summed E-state index contributed by atoms with van der Waals surface area (Å²) in [5, 5.41) is 2.31. The summed E-state index contributed by atoms with van der Waals surface area (Å²) in [4.78, 5) is 33.5. The van der Waals surface area contributed by atoms with Crippen molar-refractivity contribution in [2.24, 2.45) is 0 Å². The van der Waals surface area contributed by atoms with Gasteiger partial charge in [0.2, 0.25) is 0 Å². The fourth-order valence-electron chi connectivity index (χ4n) is 3.55. The molecular formula is C26H19ClF3N3O5. The molecule has 38 heavy (non-hydrogen) atoms. The molecule has 1 N–H and O–H groups in total. The van der Waals surface area contributed by atoms with Crippen LogP contribution in [0.3, 0.4) is 0 Å². The zero-order valence-corrected chi connectivity index (χ0v) is 20.7. The number of anilines is 1. The number of methoxy groups -OCH3 is 2. The molecule has 0 atom stereocenters. The number of pyridine rings is 2. The van der Waals surface area contributed by atoms with Crippen LogP contribution in [0, 0.1) is 0 Å². The molecule has 0 unspecified atom stereocenters. The molecule has 0 aliphatic carbocycles. The van der Waals surface area contributed by atoms with Crippen molar-refractivity contribution in [2.75, 3.05) is 26.1 Å². The highest BCUT2D eigenvalue weighted by atomic mass is 35.5. The zero-order valence-electron chi connectivity index (χ0n) is 19.9. The number of aromatic nitrogens is 2. The van der Waals surface area contributed by atoms with E-state index in [0.717, 1.165) is 0 Å². The van der Waals surface area contributed by atoms with Crippen molar-refractivity contribution in [3.8, 4) is 22.8 Å². The zero-order chi connectivity index (χ0) is 27.4.